The fourth-order valence-electron chi connectivity index (χ4n) is 5.23. The molecule has 4 rings (SSSR count). The van der Waals surface area contributed by atoms with E-state index in [0.717, 1.165) is 27.3 Å². The molecule has 2 amide bonds. The van der Waals surface area contributed by atoms with Gasteiger partial charge in [0, 0.05) is 23.9 Å². The van der Waals surface area contributed by atoms with E-state index in [4.69, 9.17) is 9.54 Å². The van der Waals surface area contributed by atoms with Crippen molar-refractivity contribution >= 4 is 39.3 Å². The summed E-state index contributed by atoms with van der Waals surface area (Å²) in [6.07, 6.45) is -0.941. The van der Waals surface area contributed by atoms with Crippen LogP contribution in [0.2, 0.25) is 0 Å². The first kappa shape index (κ1) is 32.6. The van der Waals surface area contributed by atoms with Crippen LogP contribution < -0.4 is 10.0 Å². The fourth-order valence-corrected chi connectivity index (χ4v) is 6.54. The SMILES string of the molecule is CN(C(=O)O)C(C(=O)NC(Cc1ccc(NS(=O)(=O)O)cc1)c1nc(-c2ccccc2)cs1)C(c1ccccc1)C(C)(C)C. The van der Waals surface area contributed by atoms with Crippen LogP contribution in [0.25, 0.3) is 11.3 Å². The molecule has 1 aromatic heterocycles. The number of rotatable bonds is 11. The smallest absolute Gasteiger partial charge is 0.407 e. The molecule has 0 saturated heterocycles. The Kier molecular flexibility index (Phi) is 10.1. The van der Waals surface area contributed by atoms with Crippen molar-refractivity contribution in [2.45, 2.75) is 45.2 Å². The van der Waals surface area contributed by atoms with Crippen molar-refractivity contribution in [3.8, 4) is 11.3 Å². The molecule has 0 saturated carbocycles. The zero-order chi connectivity index (χ0) is 32.1. The highest BCUT2D eigenvalue weighted by atomic mass is 32.2. The van der Waals surface area contributed by atoms with Crippen LogP contribution in [0.4, 0.5) is 10.5 Å². The van der Waals surface area contributed by atoms with E-state index < -0.39 is 45.7 Å². The molecule has 4 N–H and O–H groups in total. The molecule has 0 spiro atoms. The lowest BCUT2D eigenvalue weighted by Gasteiger charge is -2.40. The number of benzene rings is 3. The summed E-state index contributed by atoms with van der Waals surface area (Å²) in [5.74, 6) is -0.947. The first-order valence-corrected chi connectivity index (χ1v) is 16.2. The Morgan fingerprint density at radius 3 is 2.09 bits per heavy atom. The van der Waals surface area contributed by atoms with E-state index in [0.29, 0.717) is 5.01 Å². The molecule has 3 unspecified atom stereocenters. The first-order valence-electron chi connectivity index (χ1n) is 13.9. The second-order valence-electron chi connectivity index (χ2n) is 11.6. The van der Waals surface area contributed by atoms with Crippen LogP contribution in [0.3, 0.4) is 0 Å². The third kappa shape index (κ3) is 8.43. The topological polar surface area (TPSA) is 149 Å². The maximum absolute atomic E-state index is 14.3. The van der Waals surface area contributed by atoms with E-state index in [1.54, 1.807) is 12.1 Å². The van der Waals surface area contributed by atoms with Gasteiger partial charge in [-0.2, -0.15) is 8.42 Å². The van der Waals surface area contributed by atoms with E-state index in [2.05, 4.69) is 5.32 Å². The van der Waals surface area contributed by atoms with Gasteiger partial charge in [-0.25, -0.2) is 9.78 Å². The molecule has 4 aromatic rings. The summed E-state index contributed by atoms with van der Waals surface area (Å²) < 4.78 is 33.6. The largest absolute Gasteiger partial charge is 0.465 e. The number of anilines is 1. The number of likely N-dealkylation sites (N-methyl/N-ethyl adjacent to an activating group) is 1. The maximum Gasteiger partial charge on any atom is 0.407 e. The summed E-state index contributed by atoms with van der Waals surface area (Å²) in [6, 6.07) is 23.7. The Balaban J connectivity index is 1.72. The lowest BCUT2D eigenvalue weighted by molar-refractivity contribution is -0.128. The number of nitrogens with zero attached hydrogens (tertiary/aromatic N) is 2. The molecule has 0 aliphatic heterocycles. The van der Waals surface area contributed by atoms with Gasteiger partial charge in [-0.3, -0.25) is 19.0 Å². The molecule has 0 radical (unpaired) electrons. The Morgan fingerprint density at radius 1 is 0.955 bits per heavy atom. The van der Waals surface area contributed by atoms with E-state index in [-0.39, 0.29) is 12.1 Å². The number of hydrogen-bond donors (Lipinski definition) is 4. The highest BCUT2D eigenvalue weighted by Gasteiger charge is 2.42. The Morgan fingerprint density at radius 2 is 1.55 bits per heavy atom. The van der Waals surface area contributed by atoms with Crippen LogP contribution in [0.1, 0.15) is 48.9 Å². The molecule has 10 nitrogen and oxygen atoms in total. The lowest BCUT2D eigenvalue weighted by Crippen LogP contribution is -2.53. The monoisotopic (exact) mass is 636 g/mol. The first-order chi connectivity index (χ1) is 20.7. The highest BCUT2D eigenvalue weighted by Crippen LogP contribution is 2.40. The van der Waals surface area contributed by atoms with Crippen LogP contribution in [-0.2, 0) is 21.5 Å². The summed E-state index contributed by atoms with van der Waals surface area (Å²) in [5.41, 5.74) is 2.95. The van der Waals surface area contributed by atoms with Gasteiger partial charge in [0.15, 0.2) is 0 Å². The van der Waals surface area contributed by atoms with Crippen molar-refractivity contribution in [3.05, 3.63) is 106 Å². The third-order valence-corrected chi connectivity index (χ3v) is 8.69. The van der Waals surface area contributed by atoms with E-state index in [1.807, 2.05) is 91.5 Å². The van der Waals surface area contributed by atoms with Gasteiger partial charge in [-0.15, -0.1) is 11.3 Å². The van der Waals surface area contributed by atoms with Gasteiger partial charge in [0.25, 0.3) is 0 Å². The van der Waals surface area contributed by atoms with E-state index in [9.17, 15) is 23.1 Å². The number of nitrogens with one attached hydrogen (secondary N) is 2. The molecule has 3 atom stereocenters. The Labute approximate surface area is 261 Å². The van der Waals surface area contributed by atoms with Gasteiger partial charge in [-0.1, -0.05) is 93.6 Å². The molecular formula is C32H36N4O6S2. The molecule has 3 aromatic carbocycles. The Hall–Kier alpha value is -4.26. The number of carbonyl (C=O) groups excluding carboxylic acids is 1. The lowest BCUT2D eigenvalue weighted by atomic mass is 9.71. The van der Waals surface area contributed by atoms with Gasteiger partial charge in [0.2, 0.25) is 5.91 Å². The average Bonchev–Trinajstić information content (AvgIpc) is 3.46. The van der Waals surface area contributed by atoms with Crippen molar-refractivity contribution < 1.29 is 27.7 Å². The van der Waals surface area contributed by atoms with Crippen molar-refractivity contribution in [2.24, 2.45) is 5.41 Å². The highest BCUT2D eigenvalue weighted by molar-refractivity contribution is 7.87. The summed E-state index contributed by atoms with van der Waals surface area (Å²) >= 11 is 1.38. The van der Waals surface area contributed by atoms with Gasteiger partial charge in [0.1, 0.15) is 11.0 Å². The minimum absolute atomic E-state index is 0.177. The summed E-state index contributed by atoms with van der Waals surface area (Å²) in [6.45, 7) is 5.94. The standard InChI is InChI=1S/C32H36N4O6S2/c1-32(2,3)27(23-13-9-6-10-14-23)28(36(4)31(38)39)29(37)33-25(19-21-15-17-24(18-16-21)35-44(40,41)42)30-34-26(20-43-30)22-11-7-5-8-12-22/h5-18,20,25,27-28,35H,19H2,1-4H3,(H,33,37)(H,38,39)(H,40,41,42). The number of carboxylic acid groups (broad SMARTS) is 1. The zero-order valence-corrected chi connectivity index (χ0v) is 26.5. The van der Waals surface area contributed by atoms with Crippen molar-refractivity contribution in [3.63, 3.8) is 0 Å². The Bertz CT molecular complexity index is 1670. The molecule has 1 heterocycles. The fraction of sp³-hybridized carbons (Fsp3) is 0.281. The van der Waals surface area contributed by atoms with Gasteiger partial charge in [-0.05, 0) is 35.1 Å². The van der Waals surface area contributed by atoms with Crippen LogP contribution in [0.15, 0.2) is 90.3 Å². The quantitative estimate of drug-likeness (QED) is 0.143. The number of aromatic nitrogens is 1. The third-order valence-electron chi connectivity index (χ3n) is 7.24. The van der Waals surface area contributed by atoms with Gasteiger partial charge in [0.05, 0.1) is 17.4 Å². The van der Waals surface area contributed by atoms with Crippen molar-refractivity contribution in [1.29, 1.82) is 0 Å². The number of amides is 2. The molecule has 0 fully saturated rings. The minimum atomic E-state index is -4.43. The number of carbonyl (C=O) groups is 2. The predicted molar refractivity (Wildman–Crippen MR) is 172 cm³/mol. The normalized spacial score (nSPS) is 13.8. The van der Waals surface area contributed by atoms with Crippen LogP contribution in [0, 0.1) is 5.41 Å². The molecular weight excluding hydrogens is 601 g/mol. The van der Waals surface area contributed by atoms with E-state index >= 15 is 0 Å². The summed E-state index contributed by atoms with van der Waals surface area (Å²) in [4.78, 5) is 32.5. The summed E-state index contributed by atoms with van der Waals surface area (Å²) in [7, 11) is -3.03. The van der Waals surface area contributed by atoms with Crippen LogP contribution in [-0.4, -0.2) is 53.1 Å². The van der Waals surface area contributed by atoms with Gasteiger partial charge >= 0.3 is 16.4 Å². The van der Waals surface area contributed by atoms with E-state index in [1.165, 1.54) is 30.5 Å². The molecule has 0 aliphatic carbocycles. The maximum atomic E-state index is 14.3. The average molecular weight is 637 g/mol. The second-order valence-corrected chi connectivity index (χ2v) is 13.6. The zero-order valence-electron chi connectivity index (χ0n) is 24.8. The summed E-state index contributed by atoms with van der Waals surface area (Å²) in [5, 5.41) is 15.7. The van der Waals surface area contributed by atoms with Gasteiger partial charge < -0.3 is 10.4 Å². The number of hydrogen-bond acceptors (Lipinski definition) is 6. The molecule has 0 aliphatic rings. The predicted octanol–water partition coefficient (Wildman–Crippen LogP) is 6.23. The molecule has 232 valence electrons. The van der Waals surface area contributed by atoms with Crippen molar-refractivity contribution in [1.82, 2.24) is 15.2 Å². The molecule has 12 heteroatoms. The van der Waals surface area contributed by atoms with Crippen molar-refractivity contribution in [2.75, 3.05) is 11.8 Å². The molecule has 0 bridgehead atoms. The second kappa shape index (κ2) is 13.6. The molecule has 44 heavy (non-hydrogen) atoms. The van der Waals surface area contributed by atoms with Crippen LogP contribution >= 0.6 is 11.3 Å². The number of thiazole rings is 1. The van der Waals surface area contributed by atoms with Crippen LogP contribution in [0.5, 0.6) is 0 Å². The minimum Gasteiger partial charge on any atom is -0.465 e.